The van der Waals surface area contributed by atoms with E-state index in [1.165, 1.54) is 0 Å². The van der Waals surface area contributed by atoms with E-state index >= 15 is 0 Å². The smallest absolute Gasteiger partial charge is 0.450 e. The largest absolute Gasteiger partial charge is 0.476 e. The Morgan fingerprint density at radius 1 is 0.833 bits per heavy atom. The molecule has 0 aromatic heterocycles. The van der Waals surface area contributed by atoms with Crippen LogP contribution >= 0.6 is 23.0 Å². The molecule has 0 aliphatic carbocycles. The molecule has 16 heteroatoms. The van der Waals surface area contributed by atoms with Gasteiger partial charge in [-0.1, -0.05) is 13.2 Å². The minimum Gasteiger partial charge on any atom is -0.450 e. The van der Waals surface area contributed by atoms with E-state index in [1.54, 1.807) is 0 Å². The normalized spacial score (nSPS) is 13.5. The number of carbonyl (C=O) groups is 2. The van der Waals surface area contributed by atoms with Gasteiger partial charge in [0, 0.05) is 12.2 Å². The average molecular weight is 412 g/mol. The highest BCUT2D eigenvalue weighted by atomic mass is 31.3. The molecule has 0 aromatic carbocycles. The molecule has 13 nitrogen and oxygen atoms in total. The summed E-state index contributed by atoms with van der Waals surface area (Å²) in [5.41, 5.74) is 0. The number of hydrogen-bond acceptors (Lipinski definition) is 8. The minimum atomic E-state index is -5.09. The van der Waals surface area contributed by atoms with E-state index < -0.39 is 47.6 Å². The van der Waals surface area contributed by atoms with Crippen molar-refractivity contribution in [3.8, 4) is 0 Å². The van der Waals surface area contributed by atoms with Gasteiger partial charge in [0.2, 0.25) is 0 Å². The van der Waals surface area contributed by atoms with Crippen LogP contribution in [0.3, 0.4) is 0 Å². The van der Waals surface area contributed by atoms with Crippen LogP contribution in [0, 0.1) is 0 Å². The van der Waals surface area contributed by atoms with Gasteiger partial charge in [-0.05, 0) is 0 Å². The molecular weight excluding hydrogens is 397 g/mol. The Balaban J connectivity index is 0. The Bertz CT molecular complexity index is 598. The molecule has 0 bridgehead atoms. The van der Waals surface area contributed by atoms with Crippen LogP contribution in [0.5, 0.6) is 0 Å². The van der Waals surface area contributed by atoms with Gasteiger partial charge >= 0.3 is 35.0 Å². The van der Waals surface area contributed by atoms with Crippen molar-refractivity contribution in [3.05, 3.63) is 25.3 Å². The second-order valence-electron chi connectivity index (χ2n) is 3.47. The summed E-state index contributed by atoms with van der Waals surface area (Å²) in [7, 11) is -13.9. The lowest BCUT2D eigenvalue weighted by Gasteiger charge is -2.11. The maximum absolute atomic E-state index is 10.8. The van der Waals surface area contributed by atoms with Gasteiger partial charge in [-0.25, -0.2) is 18.5 Å². The third-order valence-electron chi connectivity index (χ3n) is 1.31. The number of hydrogen-bond donors (Lipinski definition) is 5. The minimum absolute atomic E-state index is 0.720. The average Bonchev–Trinajstić information content (AvgIpc) is 2.39. The highest BCUT2D eigenvalue weighted by Gasteiger charge is 2.31. The molecule has 5 N–H and O–H groups in total. The molecular formula is C8H15O13P3. The van der Waals surface area contributed by atoms with Crippen molar-refractivity contribution in [1.29, 1.82) is 0 Å². The molecule has 0 radical (unpaired) electrons. The molecule has 0 saturated heterocycles. The lowest BCUT2D eigenvalue weighted by atomic mass is 10.7. The topological polar surface area (TPSA) is 214 Å². The van der Waals surface area contributed by atoms with Crippen molar-refractivity contribution < 1.29 is 61.5 Å². The zero-order valence-corrected chi connectivity index (χ0v) is 14.5. The molecule has 0 aromatic rings. The second kappa shape index (κ2) is 10.7. The molecule has 0 amide bonds. The van der Waals surface area contributed by atoms with Crippen LogP contribution in [-0.4, -0.2) is 49.1 Å². The predicted molar refractivity (Wildman–Crippen MR) is 77.3 cm³/mol. The van der Waals surface area contributed by atoms with Gasteiger partial charge in [0.15, 0.2) is 12.7 Å². The van der Waals surface area contributed by atoms with Crippen molar-refractivity contribution in [2.45, 2.75) is 0 Å². The highest BCUT2D eigenvalue weighted by Crippen LogP contribution is 2.56. The van der Waals surface area contributed by atoms with Gasteiger partial charge < -0.3 is 33.9 Å². The zero-order valence-electron chi connectivity index (χ0n) is 11.8. The Hall–Kier alpha value is -1.13. The maximum Gasteiger partial charge on any atom is 0.476 e. The van der Waals surface area contributed by atoms with Crippen LogP contribution in [0.1, 0.15) is 0 Å². The molecule has 0 aliphatic rings. The summed E-state index contributed by atoms with van der Waals surface area (Å²) in [6.45, 7) is 6.03. The molecule has 0 saturated carbocycles. The van der Waals surface area contributed by atoms with Gasteiger partial charge in [0.05, 0.1) is 0 Å². The summed E-state index contributed by atoms with van der Waals surface area (Å²) in [5, 5.41) is 0. The van der Waals surface area contributed by atoms with Crippen LogP contribution in [-0.2, 0) is 37.1 Å². The van der Waals surface area contributed by atoms with Crippen molar-refractivity contribution >= 4 is 35.0 Å². The Morgan fingerprint density at radius 3 is 1.50 bits per heavy atom. The second-order valence-corrected chi connectivity index (χ2v) is 8.22. The number of rotatable bonds is 8. The van der Waals surface area contributed by atoms with Crippen LogP contribution in [0.4, 0.5) is 0 Å². The van der Waals surface area contributed by atoms with Gasteiger partial charge in [-0.15, -0.1) is 0 Å². The summed E-state index contributed by atoms with van der Waals surface area (Å²) in [6, 6.07) is 0. The Morgan fingerprint density at radius 2 is 1.21 bits per heavy atom. The lowest BCUT2D eigenvalue weighted by molar-refractivity contribution is -0.137. The molecule has 0 heterocycles. The van der Waals surface area contributed by atoms with Crippen LogP contribution in [0.15, 0.2) is 25.3 Å². The van der Waals surface area contributed by atoms with Gasteiger partial charge in [-0.3, -0.25) is 9.13 Å². The van der Waals surface area contributed by atoms with Crippen molar-refractivity contribution in [3.63, 3.8) is 0 Å². The SMILES string of the molecule is C=CC(=O)OCP(=O)(O)O.C=CC(=O)OCP(=O)(O)OP(=O)(O)O. The van der Waals surface area contributed by atoms with Crippen LogP contribution in [0.25, 0.3) is 0 Å². The first kappa shape index (κ1) is 25.1. The van der Waals surface area contributed by atoms with Crippen molar-refractivity contribution in [2.75, 3.05) is 12.7 Å². The molecule has 140 valence electrons. The first-order valence-corrected chi connectivity index (χ1v) is 10.4. The van der Waals surface area contributed by atoms with E-state index in [-0.39, 0.29) is 0 Å². The number of esters is 2. The summed E-state index contributed by atoms with van der Waals surface area (Å²) in [4.78, 5) is 62.0. The molecule has 0 spiro atoms. The fourth-order valence-corrected chi connectivity index (χ4v) is 2.70. The van der Waals surface area contributed by atoms with Crippen molar-refractivity contribution in [2.24, 2.45) is 0 Å². The molecule has 0 fully saturated rings. The van der Waals surface area contributed by atoms with Crippen molar-refractivity contribution in [1.82, 2.24) is 0 Å². The van der Waals surface area contributed by atoms with E-state index in [9.17, 15) is 23.3 Å². The molecule has 1 unspecified atom stereocenters. The van der Waals surface area contributed by atoms with E-state index in [4.69, 9.17) is 24.5 Å². The molecule has 1 atom stereocenters. The monoisotopic (exact) mass is 412 g/mol. The number of phosphoric acid groups is 1. The highest BCUT2D eigenvalue weighted by molar-refractivity contribution is 7.63. The fourth-order valence-electron chi connectivity index (χ4n) is 0.601. The molecule has 24 heavy (non-hydrogen) atoms. The third-order valence-corrected chi connectivity index (χ3v) is 4.10. The Labute approximate surface area is 135 Å². The number of carbonyl (C=O) groups excluding carboxylic acids is 2. The van der Waals surface area contributed by atoms with Crippen LogP contribution < -0.4 is 0 Å². The first-order chi connectivity index (χ1) is 10.6. The zero-order chi connectivity index (χ0) is 19.6. The van der Waals surface area contributed by atoms with E-state index in [2.05, 4.69) is 26.9 Å². The van der Waals surface area contributed by atoms with E-state index in [1.807, 2.05) is 0 Å². The van der Waals surface area contributed by atoms with E-state index in [0.29, 0.717) is 0 Å². The Kier molecular flexibility index (Phi) is 11.2. The summed E-state index contributed by atoms with van der Waals surface area (Å²) in [6.07, 6.45) is -0.492. The summed E-state index contributed by atoms with van der Waals surface area (Å²) < 4.78 is 42.5. The molecule has 0 rings (SSSR count). The summed E-state index contributed by atoms with van der Waals surface area (Å²) in [5.74, 6) is -1.85. The van der Waals surface area contributed by atoms with Gasteiger partial charge in [0.25, 0.3) is 0 Å². The third kappa shape index (κ3) is 18.9. The fraction of sp³-hybridized carbons (Fsp3) is 0.250. The van der Waals surface area contributed by atoms with Gasteiger partial charge in [-0.2, -0.15) is 0 Å². The lowest BCUT2D eigenvalue weighted by Crippen LogP contribution is -2.03. The summed E-state index contributed by atoms with van der Waals surface area (Å²) >= 11 is 0. The molecule has 0 aliphatic heterocycles. The van der Waals surface area contributed by atoms with Crippen LogP contribution in [0.2, 0.25) is 0 Å². The maximum atomic E-state index is 10.8. The standard InChI is InChI=1S/C4H8O8P2.C4H7O5P/c1-2-4(5)11-3-13(6,7)12-14(8,9)10;1-2-4(5)9-3-10(6,7)8/h2H,1,3H2,(H,6,7)(H2,8,9,10);2H,1,3H2,(H2,6,7,8). The number of ether oxygens (including phenoxy) is 2. The quantitative estimate of drug-likeness (QED) is 0.199. The first-order valence-electron chi connectivity index (χ1n) is 5.33. The predicted octanol–water partition coefficient (Wildman–Crippen LogP) is -0.181. The van der Waals surface area contributed by atoms with Gasteiger partial charge in [0.1, 0.15) is 0 Å². The van der Waals surface area contributed by atoms with E-state index in [0.717, 1.165) is 12.2 Å².